The van der Waals surface area contributed by atoms with Crippen LogP contribution in [0.2, 0.25) is 0 Å². The zero-order chi connectivity index (χ0) is 20.2. The van der Waals surface area contributed by atoms with Crippen LogP contribution < -0.4 is 0 Å². The number of amides is 1. The number of aromatic nitrogens is 3. The molecule has 1 aliphatic heterocycles. The first-order valence-corrected chi connectivity index (χ1v) is 9.51. The number of carbonyl (C=O) groups is 1. The van der Waals surface area contributed by atoms with E-state index < -0.39 is 6.10 Å². The highest BCUT2D eigenvalue weighted by molar-refractivity contribution is 5.95. The molecule has 0 unspecified atom stereocenters. The first-order chi connectivity index (χ1) is 14.2. The van der Waals surface area contributed by atoms with E-state index in [0.29, 0.717) is 30.2 Å². The van der Waals surface area contributed by atoms with E-state index in [1.165, 1.54) is 0 Å². The van der Waals surface area contributed by atoms with Crippen LogP contribution >= 0.6 is 0 Å². The van der Waals surface area contributed by atoms with E-state index in [2.05, 4.69) is 15.0 Å². The monoisotopic (exact) mass is 390 g/mol. The first-order valence-electron chi connectivity index (χ1n) is 9.51. The maximum atomic E-state index is 13.4. The second kappa shape index (κ2) is 8.46. The first kappa shape index (κ1) is 19.2. The van der Waals surface area contributed by atoms with Crippen molar-refractivity contribution in [3.8, 4) is 11.4 Å². The van der Waals surface area contributed by atoms with Crippen molar-refractivity contribution in [1.82, 2.24) is 19.9 Å². The summed E-state index contributed by atoms with van der Waals surface area (Å²) in [7, 11) is 0. The highest BCUT2D eigenvalue weighted by Gasteiger charge is 2.37. The zero-order valence-electron chi connectivity index (χ0n) is 16.1. The van der Waals surface area contributed by atoms with Crippen LogP contribution in [0.3, 0.4) is 0 Å². The number of rotatable bonds is 4. The number of aryl methyl sites for hydroxylation is 1. The van der Waals surface area contributed by atoms with Crippen LogP contribution in [0.5, 0.6) is 0 Å². The Bertz CT molecular complexity index is 982. The molecule has 0 bridgehead atoms. The Morgan fingerprint density at radius 3 is 2.72 bits per heavy atom. The Hall–Kier alpha value is -3.16. The molecule has 3 heterocycles. The van der Waals surface area contributed by atoms with Gasteiger partial charge in [0.15, 0.2) is 5.82 Å². The van der Waals surface area contributed by atoms with Crippen molar-refractivity contribution in [2.45, 2.75) is 19.1 Å². The lowest BCUT2D eigenvalue weighted by atomic mass is 9.97. The third kappa shape index (κ3) is 3.87. The van der Waals surface area contributed by atoms with E-state index in [0.717, 1.165) is 11.1 Å². The summed E-state index contributed by atoms with van der Waals surface area (Å²) in [5.74, 6) is 0.359. The van der Waals surface area contributed by atoms with Gasteiger partial charge in [-0.3, -0.25) is 9.78 Å². The number of hydrogen-bond acceptors (Lipinski definition) is 6. The molecule has 1 amide bonds. The second-order valence-electron chi connectivity index (χ2n) is 6.88. The van der Waals surface area contributed by atoms with Crippen LogP contribution in [0.25, 0.3) is 11.4 Å². The predicted molar refractivity (Wildman–Crippen MR) is 107 cm³/mol. The van der Waals surface area contributed by atoms with Gasteiger partial charge in [-0.1, -0.05) is 30.3 Å². The quantitative estimate of drug-likeness (QED) is 0.736. The van der Waals surface area contributed by atoms with Crippen molar-refractivity contribution in [3.05, 3.63) is 77.9 Å². The summed E-state index contributed by atoms with van der Waals surface area (Å²) in [4.78, 5) is 28.1. The highest BCUT2D eigenvalue weighted by atomic mass is 16.5. The average Bonchev–Trinajstić information content (AvgIpc) is 2.79. The van der Waals surface area contributed by atoms with Crippen LogP contribution in [0.15, 0.2) is 61.1 Å². The van der Waals surface area contributed by atoms with Crippen molar-refractivity contribution in [2.75, 3.05) is 19.8 Å². The van der Waals surface area contributed by atoms with E-state index in [9.17, 15) is 9.90 Å². The van der Waals surface area contributed by atoms with Crippen LogP contribution in [-0.4, -0.2) is 56.7 Å². The SMILES string of the molecule is Cc1nc(-c2cccnc2)ncc1C(=O)N1CCO[C@@H](CO)[C@@H]1c1ccccc1. The maximum Gasteiger partial charge on any atom is 0.257 e. The van der Waals surface area contributed by atoms with Gasteiger partial charge in [-0.15, -0.1) is 0 Å². The van der Waals surface area contributed by atoms with Gasteiger partial charge in [0, 0.05) is 30.7 Å². The Kier molecular flexibility index (Phi) is 5.59. The van der Waals surface area contributed by atoms with Crippen molar-refractivity contribution in [1.29, 1.82) is 0 Å². The van der Waals surface area contributed by atoms with Crippen molar-refractivity contribution in [3.63, 3.8) is 0 Å². The molecule has 2 aromatic heterocycles. The molecule has 3 aromatic rings. The summed E-state index contributed by atoms with van der Waals surface area (Å²) in [5, 5.41) is 9.82. The number of hydrogen-bond donors (Lipinski definition) is 1. The van der Waals surface area contributed by atoms with Gasteiger partial charge >= 0.3 is 0 Å². The topological polar surface area (TPSA) is 88.4 Å². The summed E-state index contributed by atoms with van der Waals surface area (Å²) in [6.07, 6.45) is 4.47. The number of carbonyl (C=O) groups excluding carboxylic acids is 1. The van der Waals surface area contributed by atoms with Gasteiger partial charge in [0.05, 0.1) is 30.5 Å². The molecule has 148 valence electrons. The summed E-state index contributed by atoms with van der Waals surface area (Å²) in [6, 6.07) is 13.0. The molecule has 1 aromatic carbocycles. The molecule has 7 heteroatoms. The lowest BCUT2D eigenvalue weighted by Gasteiger charge is -2.41. The van der Waals surface area contributed by atoms with Crippen LogP contribution in [0.4, 0.5) is 0 Å². The molecule has 0 radical (unpaired) electrons. The molecule has 0 saturated carbocycles. The van der Waals surface area contributed by atoms with Gasteiger partial charge in [0.2, 0.25) is 0 Å². The summed E-state index contributed by atoms with van der Waals surface area (Å²) in [6.45, 7) is 2.43. The molecule has 1 fully saturated rings. The highest BCUT2D eigenvalue weighted by Crippen LogP contribution is 2.31. The predicted octanol–water partition coefficient (Wildman–Crippen LogP) is 2.42. The molecule has 4 rings (SSSR count). The third-order valence-electron chi connectivity index (χ3n) is 5.06. The smallest absolute Gasteiger partial charge is 0.257 e. The Labute approximate surface area is 169 Å². The van der Waals surface area contributed by atoms with Gasteiger partial charge in [-0.25, -0.2) is 9.97 Å². The fraction of sp³-hybridized carbons (Fsp3) is 0.273. The number of nitrogens with zero attached hydrogens (tertiary/aromatic N) is 4. The molecular weight excluding hydrogens is 368 g/mol. The number of aliphatic hydroxyl groups is 1. The van der Waals surface area contributed by atoms with E-state index in [1.807, 2.05) is 42.5 Å². The average molecular weight is 390 g/mol. The standard InChI is InChI=1S/C22H22N4O3/c1-15-18(13-24-21(25-15)17-8-5-9-23-12-17)22(28)26-10-11-29-19(14-27)20(26)16-6-3-2-4-7-16/h2-9,12-13,19-20,27H,10-11,14H2,1H3/t19-,20-/m0/s1. The molecule has 7 nitrogen and oxygen atoms in total. The fourth-order valence-electron chi connectivity index (χ4n) is 3.62. The lowest BCUT2D eigenvalue weighted by molar-refractivity contribution is -0.0811. The molecule has 0 aliphatic carbocycles. The normalized spacial score (nSPS) is 19.2. The van der Waals surface area contributed by atoms with Crippen molar-refractivity contribution in [2.24, 2.45) is 0 Å². The molecule has 0 spiro atoms. The molecule has 1 aliphatic rings. The van der Waals surface area contributed by atoms with E-state index in [1.54, 1.807) is 30.4 Å². The van der Waals surface area contributed by atoms with Gasteiger partial charge in [-0.2, -0.15) is 0 Å². The van der Waals surface area contributed by atoms with Gasteiger partial charge in [0.25, 0.3) is 5.91 Å². The van der Waals surface area contributed by atoms with E-state index >= 15 is 0 Å². The van der Waals surface area contributed by atoms with Gasteiger partial charge < -0.3 is 14.7 Å². The number of aliphatic hydroxyl groups excluding tert-OH is 1. The van der Waals surface area contributed by atoms with E-state index in [4.69, 9.17) is 4.74 Å². The van der Waals surface area contributed by atoms with Crippen LogP contribution in [-0.2, 0) is 4.74 Å². The number of morpholine rings is 1. The summed E-state index contributed by atoms with van der Waals surface area (Å²) in [5.41, 5.74) is 2.76. The molecule has 1 N–H and O–H groups in total. The Morgan fingerprint density at radius 2 is 2.03 bits per heavy atom. The van der Waals surface area contributed by atoms with Crippen LogP contribution in [0, 0.1) is 6.92 Å². The molecule has 1 saturated heterocycles. The molecule has 29 heavy (non-hydrogen) atoms. The maximum absolute atomic E-state index is 13.4. The van der Waals surface area contributed by atoms with E-state index in [-0.39, 0.29) is 18.6 Å². The molecular formula is C22H22N4O3. The Morgan fingerprint density at radius 1 is 1.21 bits per heavy atom. The molecule has 2 atom stereocenters. The lowest BCUT2D eigenvalue weighted by Crippen LogP contribution is -2.49. The minimum absolute atomic E-state index is 0.168. The number of pyridine rings is 1. The summed E-state index contributed by atoms with van der Waals surface area (Å²) < 4.78 is 5.74. The van der Waals surface area contributed by atoms with Gasteiger partial charge in [-0.05, 0) is 24.6 Å². The minimum atomic E-state index is -0.481. The zero-order valence-corrected chi connectivity index (χ0v) is 16.1. The minimum Gasteiger partial charge on any atom is -0.394 e. The van der Waals surface area contributed by atoms with Crippen molar-refractivity contribution >= 4 is 5.91 Å². The number of benzene rings is 1. The fourth-order valence-corrected chi connectivity index (χ4v) is 3.62. The van der Waals surface area contributed by atoms with Gasteiger partial charge in [0.1, 0.15) is 6.10 Å². The summed E-state index contributed by atoms with van der Waals surface area (Å²) >= 11 is 0. The number of ether oxygens (including phenoxy) is 1. The van der Waals surface area contributed by atoms with Crippen molar-refractivity contribution < 1.29 is 14.6 Å². The Balaban J connectivity index is 1.67. The third-order valence-corrected chi connectivity index (χ3v) is 5.06. The largest absolute Gasteiger partial charge is 0.394 e. The second-order valence-corrected chi connectivity index (χ2v) is 6.88. The van der Waals surface area contributed by atoms with Crippen LogP contribution in [0.1, 0.15) is 27.7 Å².